The number of benzene rings is 2. The van der Waals surface area contributed by atoms with Gasteiger partial charge < -0.3 is 4.55 Å². The second kappa shape index (κ2) is 6.80. The first kappa shape index (κ1) is 17.3. The summed E-state index contributed by atoms with van der Waals surface area (Å²) in [5.74, 6) is 0. The van der Waals surface area contributed by atoms with Gasteiger partial charge in [0.1, 0.15) is 10.1 Å². The fourth-order valence-electron chi connectivity index (χ4n) is 2.32. The number of fused-ring (bicyclic) bond motifs is 1. The Kier molecular flexibility index (Phi) is 6.19. The van der Waals surface area contributed by atoms with Crippen LogP contribution in [0, 0.1) is 0 Å². The predicted molar refractivity (Wildman–Crippen MR) is 70.7 cm³/mol. The van der Waals surface area contributed by atoms with Crippen LogP contribution in [0.1, 0.15) is 25.0 Å². The first-order chi connectivity index (χ1) is 8.49. The maximum atomic E-state index is 11.5. The Balaban J connectivity index is 0.00000180. The second-order valence-corrected chi connectivity index (χ2v) is 5.55. The molecular formula is C14H15KO3S. The largest absolute Gasteiger partial charge is 1.00 e. The van der Waals surface area contributed by atoms with Gasteiger partial charge in [-0.15, -0.1) is 0 Å². The molecule has 0 aliphatic rings. The van der Waals surface area contributed by atoms with Crippen molar-refractivity contribution in [3.8, 4) is 0 Å². The SMILES string of the molecule is CCc1ccc2cccc(CC)c2c1S(=O)(=O)[O-].[K+]. The van der Waals surface area contributed by atoms with Gasteiger partial charge in [-0.25, -0.2) is 8.42 Å². The molecule has 0 N–H and O–H groups in total. The molecule has 2 rings (SSSR count). The molecule has 0 aromatic heterocycles. The average Bonchev–Trinajstić information content (AvgIpc) is 2.35. The van der Waals surface area contributed by atoms with E-state index in [2.05, 4.69) is 0 Å². The van der Waals surface area contributed by atoms with Crippen LogP contribution < -0.4 is 51.4 Å². The van der Waals surface area contributed by atoms with Crippen molar-refractivity contribution >= 4 is 20.9 Å². The molecule has 2 aromatic carbocycles. The van der Waals surface area contributed by atoms with Gasteiger partial charge in [-0.05, 0) is 29.4 Å². The van der Waals surface area contributed by atoms with Gasteiger partial charge in [0, 0.05) is 5.39 Å². The zero-order valence-electron chi connectivity index (χ0n) is 11.4. The first-order valence-corrected chi connectivity index (χ1v) is 7.39. The molecule has 0 radical (unpaired) electrons. The Morgan fingerprint density at radius 3 is 2.16 bits per heavy atom. The Labute approximate surface area is 156 Å². The minimum Gasteiger partial charge on any atom is -0.744 e. The molecule has 0 heterocycles. The van der Waals surface area contributed by atoms with Gasteiger partial charge in [-0.3, -0.25) is 0 Å². The third-order valence-corrected chi connectivity index (χ3v) is 4.14. The van der Waals surface area contributed by atoms with Gasteiger partial charge >= 0.3 is 51.4 Å². The fourth-order valence-corrected chi connectivity index (χ4v) is 3.35. The zero-order valence-corrected chi connectivity index (χ0v) is 15.4. The zero-order chi connectivity index (χ0) is 13.3. The quantitative estimate of drug-likeness (QED) is 0.586. The number of hydrogen-bond acceptors (Lipinski definition) is 3. The Morgan fingerprint density at radius 2 is 1.63 bits per heavy atom. The summed E-state index contributed by atoms with van der Waals surface area (Å²) in [7, 11) is -4.45. The molecule has 96 valence electrons. The molecule has 0 atom stereocenters. The van der Waals surface area contributed by atoms with E-state index in [-0.39, 0.29) is 56.3 Å². The van der Waals surface area contributed by atoms with E-state index in [0.29, 0.717) is 23.8 Å². The van der Waals surface area contributed by atoms with Gasteiger partial charge in [0.15, 0.2) is 0 Å². The predicted octanol–water partition coefficient (Wildman–Crippen LogP) is -0.127. The number of hydrogen-bond donors (Lipinski definition) is 0. The second-order valence-electron chi connectivity index (χ2n) is 4.23. The van der Waals surface area contributed by atoms with Gasteiger partial charge in [-0.2, -0.15) is 0 Å². The van der Waals surface area contributed by atoms with E-state index in [1.807, 2.05) is 38.1 Å². The third kappa shape index (κ3) is 3.47. The monoisotopic (exact) mass is 302 g/mol. The van der Waals surface area contributed by atoms with E-state index in [4.69, 9.17) is 0 Å². The summed E-state index contributed by atoms with van der Waals surface area (Å²) in [4.78, 5) is -0.0417. The standard InChI is InChI=1S/C14H16O3S.K/c1-3-10-6-5-7-12-9-8-11(4-2)14(13(10)12)18(15,16)17;/h5-9H,3-4H2,1-2H3,(H,15,16,17);/q;+1/p-1. The summed E-state index contributed by atoms with van der Waals surface area (Å²) in [5.41, 5.74) is 1.50. The van der Waals surface area contributed by atoms with Crippen molar-refractivity contribution in [1.82, 2.24) is 0 Å². The molecule has 3 nitrogen and oxygen atoms in total. The van der Waals surface area contributed by atoms with Crippen molar-refractivity contribution in [3.05, 3.63) is 41.5 Å². The van der Waals surface area contributed by atoms with E-state index < -0.39 is 10.1 Å². The molecule has 5 heteroatoms. The summed E-state index contributed by atoms with van der Waals surface area (Å²) >= 11 is 0. The summed E-state index contributed by atoms with van der Waals surface area (Å²) in [6.07, 6.45) is 1.23. The maximum absolute atomic E-state index is 11.5. The van der Waals surface area contributed by atoms with Crippen LogP contribution in [0.5, 0.6) is 0 Å². The third-order valence-electron chi connectivity index (χ3n) is 3.18. The average molecular weight is 302 g/mol. The van der Waals surface area contributed by atoms with Crippen LogP contribution in [-0.2, 0) is 23.0 Å². The van der Waals surface area contributed by atoms with Gasteiger partial charge in [0.05, 0.1) is 4.90 Å². The van der Waals surface area contributed by atoms with Gasteiger partial charge in [-0.1, -0.05) is 44.2 Å². The van der Waals surface area contributed by atoms with Crippen LogP contribution in [0.3, 0.4) is 0 Å². The first-order valence-electron chi connectivity index (χ1n) is 5.98. The minimum atomic E-state index is -4.45. The van der Waals surface area contributed by atoms with E-state index in [9.17, 15) is 13.0 Å². The minimum absolute atomic E-state index is 0. The topological polar surface area (TPSA) is 57.2 Å². The summed E-state index contributed by atoms with van der Waals surface area (Å²) in [5, 5.41) is 1.40. The van der Waals surface area contributed by atoms with Crippen LogP contribution in [-0.4, -0.2) is 13.0 Å². The molecule has 2 aromatic rings. The molecule has 0 saturated carbocycles. The van der Waals surface area contributed by atoms with Crippen molar-refractivity contribution in [2.75, 3.05) is 0 Å². The normalized spacial score (nSPS) is 11.3. The molecule has 0 bridgehead atoms. The molecule has 0 fully saturated rings. The fraction of sp³-hybridized carbons (Fsp3) is 0.286. The van der Waals surface area contributed by atoms with E-state index in [1.165, 1.54) is 0 Å². The molecule has 0 aliphatic heterocycles. The summed E-state index contributed by atoms with van der Waals surface area (Å²) < 4.78 is 34.6. The molecule has 19 heavy (non-hydrogen) atoms. The number of rotatable bonds is 3. The van der Waals surface area contributed by atoms with Crippen LogP contribution in [0.2, 0.25) is 0 Å². The molecular weight excluding hydrogens is 287 g/mol. The summed E-state index contributed by atoms with van der Waals surface area (Å²) in [6.45, 7) is 3.80. The number of aryl methyl sites for hydroxylation is 2. The van der Waals surface area contributed by atoms with Crippen LogP contribution >= 0.6 is 0 Å². The Bertz CT molecular complexity index is 693. The van der Waals surface area contributed by atoms with Crippen LogP contribution in [0.4, 0.5) is 0 Å². The smallest absolute Gasteiger partial charge is 0.744 e. The van der Waals surface area contributed by atoms with Crippen molar-refractivity contribution in [2.24, 2.45) is 0 Å². The molecule has 0 aliphatic carbocycles. The maximum Gasteiger partial charge on any atom is 1.00 e. The van der Waals surface area contributed by atoms with Crippen molar-refractivity contribution in [3.63, 3.8) is 0 Å². The Morgan fingerprint density at radius 1 is 1.00 bits per heavy atom. The van der Waals surface area contributed by atoms with Gasteiger partial charge in [0.25, 0.3) is 0 Å². The van der Waals surface area contributed by atoms with E-state index in [1.54, 1.807) is 6.07 Å². The van der Waals surface area contributed by atoms with Gasteiger partial charge in [0.2, 0.25) is 0 Å². The van der Waals surface area contributed by atoms with E-state index in [0.717, 1.165) is 10.9 Å². The van der Waals surface area contributed by atoms with E-state index >= 15 is 0 Å². The Hall–Kier alpha value is 0.246. The molecule has 0 saturated heterocycles. The van der Waals surface area contributed by atoms with Crippen LogP contribution in [0.15, 0.2) is 35.2 Å². The van der Waals surface area contributed by atoms with Crippen molar-refractivity contribution in [1.29, 1.82) is 0 Å². The summed E-state index contributed by atoms with van der Waals surface area (Å²) in [6, 6.07) is 9.20. The molecule has 0 amide bonds. The molecule has 0 spiro atoms. The van der Waals surface area contributed by atoms with Crippen LogP contribution in [0.25, 0.3) is 10.8 Å². The van der Waals surface area contributed by atoms with Crippen molar-refractivity contribution < 1.29 is 64.4 Å². The molecule has 0 unspecified atom stereocenters. The van der Waals surface area contributed by atoms with Crippen molar-refractivity contribution in [2.45, 2.75) is 31.6 Å².